The van der Waals surface area contributed by atoms with Crippen LogP contribution >= 0.6 is 0 Å². The van der Waals surface area contributed by atoms with E-state index in [-0.39, 0.29) is 11.8 Å². The third-order valence-corrected chi connectivity index (χ3v) is 6.37. The van der Waals surface area contributed by atoms with Gasteiger partial charge in [0.25, 0.3) is 0 Å². The first-order valence-electron chi connectivity index (χ1n) is 9.09. The van der Waals surface area contributed by atoms with Gasteiger partial charge in [0.05, 0.1) is 5.69 Å². The van der Waals surface area contributed by atoms with Crippen molar-refractivity contribution in [1.82, 2.24) is 9.88 Å². The topological polar surface area (TPSA) is 79.7 Å². The Hall–Kier alpha value is -2.11. The standard InChI is InChI=1S/C19H24N2O4/c1-13-15(4-2-9-20-13)25-19(17(23)24)7-10-21(11-8-19)16(22)14-12-18(14)5-3-6-18/h2,4,9,14H,3,5-8,10-12H2,1H3,(H,23,24)/t14-/m0/s1. The Morgan fingerprint density at radius 2 is 2.00 bits per heavy atom. The number of aryl methyl sites for hydroxylation is 1. The summed E-state index contributed by atoms with van der Waals surface area (Å²) in [6.45, 7) is 2.68. The van der Waals surface area contributed by atoms with E-state index < -0.39 is 11.6 Å². The van der Waals surface area contributed by atoms with Crippen molar-refractivity contribution in [2.45, 2.75) is 51.0 Å². The largest absolute Gasteiger partial charge is 0.478 e. The van der Waals surface area contributed by atoms with E-state index in [1.807, 2.05) is 4.90 Å². The van der Waals surface area contributed by atoms with Crippen molar-refractivity contribution >= 4 is 11.9 Å². The van der Waals surface area contributed by atoms with E-state index in [2.05, 4.69) is 4.98 Å². The summed E-state index contributed by atoms with van der Waals surface area (Å²) in [5.74, 6) is -0.0682. The average molecular weight is 344 g/mol. The summed E-state index contributed by atoms with van der Waals surface area (Å²) in [5, 5.41) is 9.77. The Kier molecular flexibility index (Phi) is 3.74. The number of ether oxygens (including phenoxy) is 1. The molecule has 1 aromatic heterocycles. The Morgan fingerprint density at radius 1 is 1.28 bits per heavy atom. The number of carboxylic acids is 1. The summed E-state index contributed by atoms with van der Waals surface area (Å²) in [6.07, 6.45) is 6.90. The fraction of sp³-hybridized carbons (Fsp3) is 0.632. The molecule has 0 radical (unpaired) electrons. The van der Waals surface area contributed by atoms with Crippen LogP contribution in [0.15, 0.2) is 18.3 Å². The minimum atomic E-state index is -1.28. The van der Waals surface area contributed by atoms with Crippen LogP contribution in [0.25, 0.3) is 0 Å². The first kappa shape index (κ1) is 16.4. The lowest BCUT2D eigenvalue weighted by molar-refractivity contribution is -0.162. The van der Waals surface area contributed by atoms with E-state index >= 15 is 0 Å². The lowest BCUT2D eigenvalue weighted by Crippen LogP contribution is -2.54. The molecule has 2 heterocycles. The van der Waals surface area contributed by atoms with Crippen LogP contribution < -0.4 is 4.74 Å². The molecule has 1 aromatic rings. The zero-order chi connectivity index (χ0) is 17.7. The number of pyridine rings is 1. The molecule has 1 N–H and O–H groups in total. The molecule has 1 aliphatic heterocycles. The molecule has 25 heavy (non-hydrogen) atoms. The molecule has 6 nitrogen and oxygen atoms in total. The highest BCUT2D eigenvalue weighted by Gasteiger charge is 2.62. The van der Waals surface area contributed by atoms with Gasteiger partial charge < -0.3 is 14.7 Å². The van der Waals surface area contributed by atoms with Crippen molar-refractivity contribution in [1.29, 1.82) is 0 Å². The van der Waals surface area contributed by atoms with Gasteiger partial charge in [0.2, 0.25) is 11.5 Å². The average Bonchev–Trinajstić information content (AvgIpc) is 3.33. The molecule has 1 amide bonds. The van der Waals surface area contributed by atoms with Crippen molar-refractivity contribution in [3.8, 4) is 5.75 Å². The summed E-state index contributed by atoms with van der Waals surface area (Å²) >= 11 is 0. The van der Waals surface area contributed by atoms with Gasteiger partial charge >= 0.3 is 5.97 Å². The summed E-state index contributed by atoms with van der Waals surface area (Å²) < 4.78 is 5.91. The maximum absolute atomic E-state index is 12.7. The van der Waals surface area contributed by atoms with E-state index in [0.717, 1.165) is 6.42 Å². The highest BCUT2D eigenvalue weighted by atomic mass is 16.5. The highest BCUT2D eigenvalue weighted by Crippen LogP contribution is 2.66. The number of hydrogen-bond donors (Lipinski definition) is 1. The molecule has 2 saturated carbocycles. The van der Waals surface area contributed by atoms with Crippen molar-refractivity contribution in [3.63, 3.8) is 0 Å². The number of hydrogen-bond acceptors (Lipinski definition) is 4. The molecule has 6 heteroatoms. The molecule has 1 atom stereocenters. The maximum atomic E-state index is 12.7. The normalized spacial score (nSPS) is 26.0. The number of nitrogens with zero attached hydrogens (tertiary/aromatic N) is 2. The lowest BCUT2D eigenvalue weighted by Gasteiger charge is -2.39. The Morgan fingerprint density at radius 3 is 2.52 bits per heavy atom. The molecular weight excluding hydrogens is 320 g/mol. The third-order valence-electron chi connectivity index (χ3n) is 6.37. The summed E-state index contributed by atoms with van der Waals surface area (Å²) in [4.78, 5) is 30.6. The second-order valence-corrected chi connectivity index (χ2v) is 7.79. The highest BCUT2D eigenvalue weighted by molar-refractivity contribution is 5.84. The van der Waals surface area contributed by atoms with Gasteiger partial charge in [-0.25, -0.2) is 4.79 Å². The fourth-order valence-electron chi connectivity index (χ4n) is 4.34. The van der Waals surface area contributed by atoms with Crippen LogP contribution in [0, 0.1) is 18.3 Å². The van der Waals surface area contributed by atoms with Crippen molar-refractivity contribution in [2.24, 2.45) is 11.3 Å². The van der Waals surface area contributed by atoms with Crippen LogP contribution in [0.5, 0.6) is 5.75 Å². The van der Waals surface area contributed by atoms with Gasteiger partial charge in [-0.1, -0.05) is 6.42 Å². The van der Waals surface area contributed by atoms with Gasteiger partial charge in [-0.3, -0.25) is 9.78 Å². The van der Waals surface area contributed by atoms with E-state index in [1.165, 1.54) is 19.3 Å². The van der Waals surface area contributed by atoms with Crippen LogP contribution in [-0.2, 0) is 9.59 Å². The van der Waals surface area contributed by atoms with Crippen molar-refractivity contribution in [3.05, 3.63) is 24.0 Å². The van der Waals surface area contributed by atoms with Crippen LogP contribution in [0.2, 0.25) is 0 Å². The van der Waals surface area contributed by atoms with Crippen LogP contribution in [-0.4, -0.2) is 45.6 Å². The van der Waals surface area contributed by atoms with Crippen LogP contribution in [0.3, 0.4) is 0 Å². The number of aliphatic carboxylic acids is 1. The predicted molar refractivity (Wildman–Crippen MR) is 90.2 cm³/mol. The number of amides is 1. The number of piperidine rings is 1. The number of aromatic nitrogens is 1. The molecular formula is C19H24N2O4. The number of carboxylic acid groups (broad SMARTS) is 1. The van der Waals surface area contributed by atoms with Gasteiger partial charge in [0, 0.05) is 38.0 Å². The molecule has 0 unspecified atom stereocenters. The Balaban J connectivity index is 1.43. The molecule has 134 valence electrons. The minimum Gasteiger partial charge on any atom is -0.478 e. The molecule has 3 fully saturated rings. The van der Waals surface area contributed by atoms with E-state index in [4.69, 9.17) is 4.74 Å². The monoisotopic (exact) mass is 344 g/mol. The second kappa shape index (κ2) is 5.71. The van der Waals surface area contributed by atoms with Crippen LogP contribution in [0.4, 0.5) is 0 Å². The fourth-order valence-corrected chi connectivity index (χ4v) is 4.34. The number of rotatable bonds is 4. The first-order valence-corrected chi connectivity index (χ1v) is 9.09. The molecule has 4 rings (SSSR count). The predicted octanol–water partition coefficient (Wildman–Crippen LogP) is 2.40. The van der Waals surface area contributed by atoms with E-state index in [1.54, 1.807) is 25.3 Å². The van der Waals surface area contributed by atoms with Gasteiger partial charge in [-0.15, -0.1) is 0 Å². The maximum Gasteiger partial charge on any atom is 0.348 e. The lowest BCUT2D eigenvalue weighted by atomic mass is 9.79. The van der Waals surface area contributed by atoms with Gasteiger partial charge in [0.15, 0.2) is 0 Å². The summed E-state index contributed by atoms with van der Waals surface area (Å²) in [5.41, 5.74) is -0.296. The van der Waals surface area contributed by atoms with Crippen LogP contribution in [0.1, 0.15) is 44.2 Å². The number of likely N-dealkylation sites (tertiary alicyclic amines) is 1. The Bertz CT molecular complexity index is 705. The zero-order valence-electron chi connectivity index (χ0n) is 14.5. The quantitative estimate of drug-likeness (QED) is 0.907. The molecule has 1 spiro atoms. The van der Waals surface area contributed by atoms with Gasteiger partial charge in [0.1, 0.15) is 5.75 Å². The van der Waals surface area contributed by atoms with Gasteiger partial charge in [-0.2, -0.15) is 0 Å². The molecule has 1 saturated heterocycles. The molecule has 0 bridgehead atoms. The first-order chi connectivity index (χ1) is 12.0. The van der Waals surface area contributed by atoms with E-state index in [0.29, 0.717) is 42.8 Å². The summed E-state index contributed by atoms with van der Waals surface area (Å²) in [7, 11) is 0. The van der Waals surface area contributed by atoms with Crippen molar-refractivity contribution in [2.75, 3.05) is 13.1 Å². The number of carbonyl (C=O) groups excluding carboxylic acids is 1. The van der Waals surface area contributed by atoms with Gasteiger partial charge in [-0.05, 0) is 43.7 Å². The minimum absolute atomic E-state index is 0.181. The molecule has 3 aliphatic rings. The second-order valence-electron chi connectivity index (χ2n) is 7.79. The van der Waals surface area contributed by atoms with Crippen molar-refractivity contribution < 1.29 is 19.4 Å². The Labute approximate surface area is 147 Å². The number of carbonyl (C=O) groups is 2. The summed E-state index contributed by atoms with van der Waals surface area (Å²) in [6, 6.07) is 3.48. The third kappa shape index (κ3) is 2.68. The molecule has 2 aliphatic carbocycles. The smallest absolute Gasteiger partial charge is 0.348 e. The van der Waals surface area contributed by atoms with E-state index in [9.17, 15) is 14.7 Å². The zero-order valence-corrected chi connectivity index (χ0v) is 14.5. The molecule has 0 aromatic carbocycles. The SMILES string of the molecule is Cc1ncccc1OC1(C(=O)O)CCN(C(=O)[C@@H]2CC23CCC3)CC1.